The lowest BCUT2D eigenvalue weighted by Gasteiger charge is -2.20. The summed E-state index contributed by atoms with van der Waals surface area (Å²) >= 11 is 0. The molecule has 1 aliphatic rings. The SMILES string of the molecule is Cn1cccc1C(=O)N1CCc2ncnc(-c3cncnc3)c2CC1. The second kappa shape index (κ2) is 6.43. The number of aromatic nitrogens is 5. The molecule has 0 bridgehead atoms. The molecule has 4 rings (SSSR count). The van der Waals surface area contributed by atoms with Crippen LogP contribution in [0.3, 0.4) is 0 Å². The Morgan fingerprint density at radius 3 is 2.64 bits per heavy atom. The van der Waals surface area contributed by atoms with E-state index in [-0.39, 0.29) is 5.91 Å². The maximum Gasteiger partial charge on any atom is 0.270 e. The Labute approximate surface area is 145 Å². The second-order valence-electron chi connectivity index (χ2n) is 6.07. The molecule has 0 radical (unpaired) electrons. The van der Waals surface area contributed by atoms with Gasteiger partial charge in [-0.25, -0.2) is 19.9 Å². The van der Waals surface area contributed by atoms with Crippen LogP contribution in [-0.4, -0.2) is 48.4 Å². The number of hydrogen-bond acceptors (Lipinski definition) is 5. The van der Waals surface area contributed by atoms with E-state index in [0.717, 1.165) is 28.9 Å². The van der Waals surface area contributed by atoms with E-state index in [2.05, 4.69) is 19.9 Å². The van der Waals surface area contributed by atoms with Crippen LogP contribution in [0, 0.1) is 0 Å². The van der Waals surface area contributed by atoms with E-state index >= 15 is 0 Å². The zero-order valence-electron chi connectivity index (χ0n) is 14.0. The molecule has 0 N–H and O–H groups in total. The van der Waals surface area contributed by atoms with Gasteiger partial charge in [0.05, 0.1) is 5.69 Å². The van der Waals surface area contributed by atoms with Gasteiger partial charge in [-0.2, -0.15) is 0 Å². The number of amides is 1. The summed E-state index contributed by atoms with van der Waals surface area (Å²) in [4.78, 5) is 31.7. The lowest BCUT2D eigenvalue weighted by Crippen LogP contribution is -2.34. The molecule has 0 aliphatic carbocycles. The molecule has 0 saturated carbocycles. The van der Waals surface area contributed by atoms with Crippen LogP contribution >= 0.6 is 0 Å². The highest BCUT2D eigenvalue weighted by Crippen LogP contribution is 2.25. The quantitative estimate of drug-likeness (QED) is 0.710. The van der Waals surface area contributed by atoms with Crippen molar-refractivity contribution in [3.05, 3.63) is 60.3 Å². The van der Waals surface area contributed by atoms with E-state index in [1.54, 1.807) is 18.7 Å². The van der Waals surface area contributed by atoms with Crippen molar-refractivity contribution < 1.29 is 4.79 Å². The first-order valence-electron chi connectivity index (χ1n) is 8.23. The van der Waals surface area contributed by atoms with E-state index in [1.807, 2.05) is 34.8 Å². The van der Waals surface area contributed by atoms with Crippen molar-refractivity contribution in [2.24, 2.45) is 7.05 Å². The maximum absolute atomic E-state index is 12.8. The van der Waals surface area contributed by atoms with Gasteiger partial charge in [0, 0.05) is 62.0 Å². The fourth-order valence-electron chi connectivity index (χ4n) is 3.24. The Morgan fingerprint density at radius 1 is 1.08 bits per heavy atom. The first-order valence-corrected chi connectivity index (χ1v) is 8.23. The predicted molar refractivity (Wildman–Crippen MR) is 91.8 cm³/mol. The Bertz CT molecular complexity index is 905. The number of aryl methyl sites for hydroxylation is 1. The van der Waals surface area contributed by atoms with Crippen LogP contribution in [0.1, 0.15) is 21.7 Å². The maximum atomic E-state index is 12.8. The van der Waals surface area contributed by atoms with Crippen LogP contribution in [0.4, 0.5) is 0 Å². The zero-order chi connectivity index (χ0) is 17.2. The molecule has 4 heterocycles. The Balaban J connectivity index is 1.62. The fraction of sp³-hybridized carbons (Fsp3) is 0.278. The summed E-state index contributed by atoms with van der Waals surface area (Å²) < 4.78 is 1.85. The van der Waals surface area contributed by atoms with E-state index in [1.165, 1.54) is 6.33 Å². The average molecular weight is 334 g/mol. The molecule has 7 nitrogen and oxygen atoms in total. The summed E-state index contributed by atoms with van der Waals surface area (Å²) in [5.41, 5.74) is 4.52. The third-order valence-corrected chi connectivity index (χ3v) is 4.57. The van der Waals surface area contributed by atoms with E-state index < -0.39 is 0 Å². The molecule has 1 aliphatic heterocycles. The molecular weight excluding hydrogens is 316 g/mol. The highest BCUT2D eigenvalue weighted by molar-refractivity contribution is 5.92. The second-order valence-corrected chi connectivity index (χ2v) is 6.07. The third kappa shape index (κ3) is 2.88. The molecule has 126 valence electrons. The van der Waals surface area contributed by atoms with Crippen molar-refractivity contribution in [3.8, 4) is 11.3 Å². The number of carbonyl (C=O) groups excluding carboxylic acids is 1. The molecular formula is C18H18N6O. The number of hydrogen-bond donors (Lipinski definition) is 0. The molecule has 1 amide bonds. The molecule has 0 spiro atoms. The Kier molecular flexibility index (Phi) is 3.97. The minimum atomic E-state index is 0.0536. The van der Waals surface area contributed by atoms with Gasteiger partial charge >= 0.3 is 0 Å². The van der Waals surface area contributed by atoms with Crippen molar-refractivity contribution in [1.29, 1.82) is 0 Å². The first-order chi connectivity index (χ1) is 12.2. The fourth-order valence-corrected chi connectivity index (χ4v) is 3.24. The van der Waals surface area contributed by atoms with Crippen LogP contribution in [0.5, 0.6) is 0 Å². The Hall–Kier alpha value is -3.09. The molecule has 0 saturated heterocycles. The molecule has 7 heteroatoms. The van der Waals surface area contributed by atoms with E-state index in [0.29, 0.717) is 25.2 Å². The first kappa shape index (κ1) is 15.4. The van der Waals surface area contributed by atoms with Gasteiger partial charge in [-0.3, -0.25) is 4.79 Å². The zero-order valence-corrected chi connectivity index (χ0v) is 14.0. The van der Waals surface area contributed by atoms with Gasteiger partial charge in [0.1, 0.15) is 18.3 Å². The van der Waals surface area contributed by atoms with Crippen LogP contribution in [0.15, 0.2) is 43.4 Å². The summed E-state index contributed by atoms with van der Waals surface area (Å²) in [5.74, 6) is 0.0536. The van der Waals surface area contributed by atoms with Gasteiger partial charge in [0.25, 0.3) is 5.91 Å². The minimum absolute atomic E-state index is 0.0536. The molecule has 0 aromatic carbocycles. The van der Waals surface area contributed by atoms with Crippen molar-refractivity contribution in [2.45, 2.75) is 12.8 Å². The largest absolute Gasteiger partial charge is 0.347 e. The number of rotatable bonds is 2. The monoisotopic (exact) mass is 334 g/mol. The van der Waals surface area contributed by atoms with E-state index in [4.69, 9.17) is 0 Å². The lowest BCUT2D eigenvalue weighted by atomic mass is 10.0. The minimum Gasteiger partial charge on any atom is -0.347 e. The number of carbonyl (C=O) groups is 1. The Morgan fingerprint density at radius 2 is 1.88 bits per heavy atom. The van der Waals surface area contributed by atoms with Crippen molar-refractivity contribution in [2.75, 3.05) is 13.1 Å². The van der Waals surface area contributed by atoms with Gasteiger partial charge in [-0.05, 0) is 18.6 Å². The number of nitrogens with zero attached hydrogens (tertiary/aromatic N) is 6. The van der Waals surface area contributed by atoms with Gasteiger partial charge in [0.2, 0.25) is 0 Å². The normalized spacial score (nSPS) is 14.0. The topological polar surface area (TPSA) is 76.8 Å². The third-order valence-electron chi connectivity index (χ3n) is 4.57. The lowest BCUT2D eigenvalue weighted by molar-refractivity contribution is 0.0753. The summed E-state index contributed by atoms with van der Waals surface area (Å²) in [6, 6.07) is 3.74. The van der Waals surface area contributed by atoms with Gasteiger partial charge in [-0.15, -0.1) is 0 Å². The van der Waals surface area contributed by atoms with Crippen LogP contribution < -0.4 is 0 Å². The average Bonchev–Trinajstić information content (AvgIpc) is 2.96. The predicted octanol–water partition coefficient (Wildman–Crippen LogP) is 1.51. The summed E-state index contributed by atoms with van der Waals surface area (Å²) in [6.07, 6.45) is 9.92. The highest BCUT2D eigenvalue weighted by Gasteiger charge is 2.24. The highest BCUT2D eigenvalue weighted by atomic mass is 16.2. The van der Waals surface area contributed by atoms with Crippen molar-refractivity contribution >= 4 is 5.91 Å². The molecule has 0 fully saturated rings. The smallest absolute Gasteiger partial charge is 0.270 e. The van der Waals surface area contributed by atoms with Crippen LogP contribution in [0.25, 0.3) is 11.3 Å². The van der Waals surface area contributed by atoms with Gasteiger partial charge in [0.15, 0.2) is 0 Å². The van der Waals surface area contributed by atoms with Crippen LogP contribution in [-0.2, 0) is 19.9 Å². The van der Waals surface area contributed by atoms with Crippen molar-refractivity contribution in [3.63, 3.8) is 0 Å². The van der Waals surface area contributed by atoms with Gasteiger partial charge < -0.3 is 9.47 Å². The molecule has 25 heavy (non-hydrogen) atoms. The van der Waals surface area contributed by atoms with Crippen molar-refractivity contribution in [1.82, 2.24) is 29.4 Å². The number of fused-ring (bicyclic) bond motifs is 1. The molecule has 0 atom stereocenters. The van der Waals surface area contributed by atoms with Gasteiger partial charge in [-0.1, -0.05) is 0 Å². The molecule has 3 aromatic heterocycles. The van der Waals surface area contributed by atoms with Crippen LogP contribution in [0.2, 0.25) is 0 Å². The summed E-state index contributed by atoms with van der Waals surface area (Å²) in [7, 11) is 1.89. The van der Waals surface area contributed by atoms with E-state index in [9.17, 15) is 4.79 Å². The molecule has 0 unspecified atom stereocenters. The molecule has 3 aromatic rings. The standard InChI is InChI=1S/C18H18N6O/c1-23-6-2-3-16(23)18(25)24-7-4-14-15(5-8-24)21-12-22-17(14)13-9-19-11-20-10-13/h2-3,6,9-12H,4-5,7-8H2,1H3. The summed E-state index contributed by atoms with van der Waals surface area (Å²) in [5, 5.41) is 0. The summed E-state index contributed by atoms with van der Waals surface area (Å²) in [6.45, 7) is 1.30.